The van der Waals surface area contributed by atoms with Crippen LogP contribution in [0.4, 0.5) is 4.39 Å². The Kier molecular flexibility index (Phi) is 3.31. The number of nitrogens with zero attached hydrogens (tertiary/aromatic N) is 1. The van der Waals surface area contributed by atoms with E-state index in [0.29, 0.717) is 11.5 Å². The predicted molar refractivity (Wildman–Crippen MR) is 74.1 cm³/mol. The molecule has 3 rings (SSSR count). The molecule has 0 bridgehead atoms. The molecule has 0 saturated carbocycles. The monoisotopic (exact) mass is 269 g/mol. The van der Waals surface area contributed by atoms with E-state index in [4.69, 9.17) is 4.74 Å². The first-order chi connectivity index (χ1) is 9.79. The Labute approximate surface area is 115 Å². The van der Waals surface area contributed by atoms with Crippen LogP contribution in [-0.2, 0) is 6.61 Å². The second-order valence-electron chi connectivity index (χ2n) is 4.30. The Morgan fingerprint density at radius 3 is 2.65 bits per heavy atom. The number of pyridine rings is 1. The van der Waals surface area contributed by atoms with Crippen LogP contribution in [0.2, 0.25) is 0 Å². The van der Waals surface area contributed by atoms with Gasteiger partial charge < -0.3 is 9.84 Å². The van der Waals surface area contributed by atoms with Gasteiger partial charge in [-0.25, -0.2) is 4.39 Å². The van der Waals surface area contributed by atoms with E-state index < -0.39 is 12.4 Å². The first-order valence-corrected chi connectivity index (χ1v) is 6.19. The average Bonchev–Trinajstić information content (AvgIpc) is 2.48. The summed E-state index contributed by atoms with van der Waals surface area (Å²) in [7, 11) is 0. The molecule has 100 valence electrons. The quantitative estimate of drug-likeness (QED) is 0.789. The molecular weight excluding hydrogens is 257 g/mol. The summed E-state index contributed by atoms with van der Waals surface area (Å²) in [6, 6.07) is 13.7. The number of hydrogen-bond donors (Lipinski definition) is 1. The van der Waals surface area contributed by atoms with Crippen LogP contribution < -0.4 is 4.74 Å². The minimum absolute atomic E-state index is 0.147. The number of aliphatic hydroxyl groups excluding tert-OH is 1. The molecule has 0 fully saturated rings. The number of rotatable bonds is 3. The van der Waals surface area contributed by atoms with Crippen molar-refractivity contribution in [3.8, 4) is 11.5 Å². The molecule has 1 N–H and O–H groups in total. The lowest BCUT2D eigenvalue weighted by Gasteiger charge is -2.12. The molecule has 0 aliphatic carbocycles. The van der Waals surface area contributed by atoms with Crippen LogP contribution in [0, 0.1) is 5.82 Å². The standard InChI is InChI=1S/C16H12FNO2/c17-13-5-1-7-16(12(13)10-19)20-15-8-2-6-14-11(15)4-3-9-18-14/h1-9,19H,10H2. The fraction of sp³-hybridized carbons (Fsp3) is 0.0625. The van der Waals surface area contributed by atoms with Gasteiger partial charge >= 0.3 is 0 Å². The van der Waals surface area contributed by atoms with Crippen molar-refractivity contribution in [1.29, 1.82) is 0 Å². The molecule has 4 heteroatoms. The number of benzene rings is 2. The molecule has 0 radical (unpaired) electrons. The van der Waals surface area contributed by atoms with E-state index in [2.05, 4.69) is 4.98 Å². The van der Waals surface area contributed by atoms with Crippen LogP contribution in [0.3, 0.4) is 0 Å². The molecule has 0 atom stereocenters. The normalized spacial score (nSPS) is 10.7. The third-order valence-corrected chi connectivity index (χ3v) is 3.06. The Hall–Kier alpha value is -2.46. The zero-order chi connectivity index (χ0) is 13.9. The van der Waals surface area contributed by atoms with Crippen LogP contribution in [0.1, 0.15) is 5.56 Å². The second kappa shape index (κ2) is 5.27. The predicted octanol–water partition coefficient (Wildman–Crippen LogP) is 3.66. The molecule has 0 saturated heterocycles. The average molecular weight is 269 g/mol. The highest BCUT2D eigenvalue weighted by atomic mass is 19.1. The van der Waals surface area contributed by atoms with Gasteiger partial charge in [0.05, 0.1) is 17.7 Å². The first kappa shape index (κ1) is 12.6. The lowest BCUT2D eigenvalue weighted by molar-refractivity contribution is 0.270. The molecular formula is C16H12FNO2. The van der Waals surface area contributed by atoms with E-state index in [1.807, 2.05) is 24.3 Å². The minimum atomic E-state index is -0.483. The second-order valence-corrected chi connectivity index (χ2v) is 4.30. The Bertz CT molecular complexity index is 753. The summed E-state index contributed by atoms with van der Waals surface area (Å²) in [5.41, 5.74) is 0.945. The minimum Gasteiger partial charge on any atom is -0.456 e. The number of fused-ring (bicyclic) bond motifs is 1. The number of ether oxygens (including phenoxy) is 1. The van der Waals surface area contributed by atoms with Gasteiger partial charge in [-0.3, -0.25) is 4.98 Å². The van der Waals surface area contributed by atoms with Crippen molar-refractivity contribution in [3.63, 3.8) is 0 Å². The molecule has 0 amide bonds. The van der Waals surface area contributed by atoms with Gasteiger partial charge in [0.1, 0.15) is 17.3 Å². The van der Waals surface area contributed by atoms with Gasteiger partial charge in [-0.2, -0.15) is 0 Å². The van der Waals surface area contributed by atoms with Crippen LogP contribution in [0.15, 0.2) is 54.7 Å². The molecule has 3 nitrogen and oxygen atoms in total. The maximum atomic E-state index is 13.6. The number of hydrogen-bond acceptors (Lipinski definition) is 3. The molecule has 0 unspecified atom stereocenters. The number of halogens is 1. The maximum Gasteiger partial charge on any atom is 0.136 e. The van der Waals surface area contributed by atoms with Crippen LogP contribution in [0.25, 0.3) is 10.9 Å². The van der Waals surface area contributed by atoms with Crippen molar-refractivity contribution >= 4 is 10.9 Å². The summed E-state index contributed by atoms with van der Waals surface area (Å²) in [6.45, 7) is -0.412. The number of aliphatic hydroxyl groups is 1. The van der Waals surface area contributed by atoms with Gasteiger partial charge in [0, 0.05) is 11.6 Å². The Morgan fingerprint density at radius 1 is 1.00 bits per heavy atom. The zero-order valence-electron chi connectivity index (χ0n) is 10.6. The van der Waals surface area contributed by atoms with E-state index in [1.54, 1.807) is 24.4 Å². The van der Waals surface area contributed by atoms with Crippen LogP contribution >= 0.6 is 0 Å². The smallest absolute Gasteiger partial charge is 0.136 e. The summed E-state index contributed by atoms with van der Waals surface area (Å²) >= 11 is 0. The third-order valence-electron chi connectivity index (χ3n) is 3.06. The fourth-order valence-corrected chi connectivity index (χ4v) is 2.07. The topological polar surface area (TPSA) is 42.4 Å². The molecule has 20 heavy (non-hydrogen) atoms. The van der Waals surface area contributed by atoms with E-state index in [1.165, 1.54) is 6.07 Å². The lowest BCUT2D eigenvalue weighted by atomic mass is 10.2. The van der Waals surface area contributed by atoms with E-state index >= 15 is 0 Å². The summed E-state index contributed by atoms with van der Waals surface area (Å²) in [6.07, 6.45) is 1.70. The summed E-state index contributed by atoms with van der Waals surface area (Å²) in [5.74, 6) is 0.406. The molecule has 3 aromatic rings. The van der Waals surface area contributed by atoms with Crippen LogP contribution in [0.5, 0.6) is 11.5 Å². The van der Waals surface area contributed by atoms with E-state index in [9.17, 15) is 9.50 Å². The fourth-order valence-electron chi connectivity index (χ4n) is 2.07. The molecule has 0 aliphatic heterocycles. The van der Waals surface area contributed by atoms with Crippen molar-refractivity contribution in [1.82, 2.24) is 4.98 Å². The van der Waals surface area contributed by atoms with Gasteiger partial charge in [0.2, 0.25) is 0 Å². The first-order valence-electron chi connectivity index (χ1n) is 6.19. The number of aromatic nitrogens is 1. The third kappa shape index (κ3) is 2.21. The van der Waals surface area contributed by atoms with Gasteiger partial charge in [-0.15, -0.1) is 0 Å². The van der Waals surface area contributed by atoms with E-state index in [-0.39, 0.29) is 5.56 Å². The summed E-state index contributed by atoms with van der Waals surface area (Å²) in [4.78, 5) is 4.24. The molecule has 1 aromatic heterocycles. The highest BCUT2D eigenvalue weighted by Gasteiger charge is 2.11. The SMILES string of the molecule is OCc1c(F)cccc1Oc1cccc2ncccc12. The molecule has 1 heterocycles. The molecule has 0 spiro atoms. The molecule has 0 aliphatic rings. The highest BCUT2D eigenvalue weighted by molar-refractivity contribution is 5.85. The van der Waals surface area contributed by atoms with Crippen molar-refractivity contribution in [2.75, 3.05) is 0 Å². The zero-order valence-corrected chi connectivity index (χ0v) is 10.6. The lowest BCUT2D eigenvalue weighted by Crippen LogP contribution is -1.96. The Balaban J connectivity index is 2.08. The van der Waals surface area contributed by atoms with Crippen molar-refractivity contribution in [3.05, 3.63) is 66.1 Å². The summed E-state index contributed by atoms with van der Waals surface area (Å²) < 4.78 is 19.4. The molecule has 2 aromatic carbocycles. The largest absolute Gasteiger partial charge is 0.456 e. The van der Waals surface area contributed by atoms with Gasteiger partial charge in [0.15, 0.2) is 0 Å². The van der Waals surface area contributed by atoms with Gasteiger partial charge in [-0.05, 0) is 36.4 Å². The van der Waals surface area contributed by atoms with Crippen LogP contribution in [-0.4, -0.2) is 10.1 Å². The van der Waals surface area contributed by atoms with E-state index in [0.717, 1.165) is 10.9 Å². The van der Waals surface area contributed by atoms with Gasteiger partial charge in [-0.1, -0.05) is 12.1 Å². The summed E-state index contributed by atoms with van der Waals surface area (Å²) in [5, 5.41) is 10.1. The van der Waals surface area contributed by atoms with Crippen molar-refractivity contribution in [2.24, 2.45) is 0 Å². The maximum absolute atomic E-state index is 13.6. The Morgan fingerprint density at radius 2 is 1.80 bits per heavy atom. The van der Waals surface area contributed by atoms with Gasteiger partial charge in [0.25, 0.3) is 0 Å². The van der Waals surface area contributed by atoms with Crippen molar-refractivity contribution < 1.29 is 14.2 Å². The highest BCUT2D eigenvalue weighted by Crippen LogP contribution is 2.31. The van der Waals surface area contributed by atoms with Crippen molar-refractivity contribution in [2.45, 2.75) is 6.61 Å².